The lowest BCUT2D eigenvalue weighted by Crippen LogP contribution is -2.12. The summed E-state index contributed by atoms with van der Waals surface area (Å²) in [6.45, 7) is 3.86. The number of hydrogen-bond donors (Lipinski definition) is 1. The highest BCUT2D eigenvalue weighted by Crippen LogP contribution is 2.29. The van der Waals surface area contributed by atoms with Gasteiger partial charge < -0.3 is 9.73 Å². The zero-order valence-corrected chi connectivity index (χ0v) is 13.5. The predicted octanol–water partition coefficient (Wildman–Crippen LogP) is 5.61. The molecule has 3 aromatic rings. The van der Waals surface area contributed by atoms with E-state index in [1.165, 1.54) is 0 Å². The van der Waals surface area contributed by atoms with Crippen molar-refractivity contribution in [2.45, 2.75) is 13.8 Å². The summed E-state index contributed by atoms with van der Waals surface area (Å²) in [5, 5.41) is 4.58. The molecule has 0 saturated carbocycles. The van der Waals surface area contributed by atoms with Crippen LogP contribution in [0.3, 0.4) is 0 Å². The lowest BCUT2D eigenvalue weighted by Gasteiger charge is -2.06. The molecule has 3 rings (SSSR count). The Labute approximate surface area is 137 Å². The predicted molar refractivity (Wildman–Crippen MR) is 90.1 cm³/mol. The van der Waals surface area contributed by atoms with Gasteiger partial charge in [0.2, 0.25) is 0 Å². The lowest BCUT2D eigenvalue weighted by atomic mass is 10.1. The third-order valence-electron chi connectivity index (χ3n) is 3.47. The largest absolute Gasteiger partial charge is 0.451 e. The van der Waals surface area contributed by atoms with Crippen molar-refractivity contribution in [1.29, 1.82) is 0 Å². The van der Waals surface area contributed by atoms with Gasteiger partial charge in [0.15, 0.2) is 5.76 Å². The van der Waals surface area contributed by atoms with Crippen LogP contribution in [0.2, 0.25) is 10.0 Å². The van der Waals surface area contributed by atoms with Gasteiger partial charge in [-0.25, -0.2) is 0 Å². The number of rotatable bonds is 2. The van der Waals surface area contributed by atoms with Crippen molar-refractivity contribution in [3.05, 3.63) is 63.3 Å². The van der Waals surface area contributed by atoms with Gasteiger partial charge in [0.05, 0.1) is 10.7 Å². The van der Waals surface area contributed by atoms with Crippen LogP contribution in [0, 0.1) is 13.8 Å². The van der Waals surface area contributed by atoms with Crippen LogP contribution in [0.25, 0.3) is 11.0 Å². The van der Waals surface area contributed by atoms with Gasteiger partial charge in [-0.2, -0.15) is 0 Å². The van der Waals surface area contributed by atoms with E-state index in [0.29, 0.717) is 21.3 Å². The number of halogens is 2. The third-order valence-corrected chi connectivity index (χ3v) is 4.04. The molecule has 0 aliphatic carbocycles. The smallest absolute Gasteiger partial charge is 0.291 e. The molecule has 5 heteroatoms. The van der Waals surface area contributed by atoms with E-state index in [0.717, 1.165) is 16.5 Å². The second-order valence-corrected chi connectivity index (χ2v) is 5.98. The summed E-state index contributed by atoms with van der Waals surface area (Å²) in [5.74, 6) is -0.0767. The number of fused-ring (bicyclic) bond motifs is 1. The molecule has 22 heavy (non-hydrogen) atoms. The number of furan rings is 1. The highest BCUT2D eigenvalue weighted by molar-refractivity contribution is 6.35. The summed E-state index contributed by atoms with van der Waals surface area (Å²) >= 11 is 12.0. The molecular weight excluding hydrogens is 321 g/mol. The Balaban J connectivity index is 1.99. The van der Waals surface area contributed by atoms with E-state index in [-0.39, 0.29) is 11.7 Å². The van der Waals surface area contributed by atoms with Crippen LogP contribution in [0.5, 0.6) is 0 Å². The summed E-state index contributed by atoms with van der Waals surface area (Å²) < 4.78 is 5.67. The number of amides is 1. The van der Waals surface area contributed by atoms with Crippen molar-refractivity contribution in [3.63, 3.8) is 0 Å². The van der Waals surface area contributed by atoms with Crippen molar-refractivity contribution in [2.75, 3.05) is 5.32 Å². The fourth-order valence-electron chi connectivity index (χ4n) is 2.32. The normalized spacial score (nSPS) is 10.9. The van der Waals surface area contributed by atoms with E-state index in [1.807, 2.05) is 32.0 Å². The maximum atomic E-state index is 12.4. The van der Waals surface area contributed by atoms with Crippen LogP contribution < -0.4 is 5.32 Å². The fraction of sp³-hybridized carbons (Fsp3) is 0.118. The van der Waals surface area contributed by atoms with Gasteiger partial charge in [-0.05, 0) is 44.2 Å². The Morgan fingerprint density at radius 1 is 1.09 bits per heavy atom. The molecule has 0 saturated heterocycles. The summed E-state index contributed by atoms with van der Waals surface area (Å²) in [6.07, 6.45) is 0. The van der Waals surface area contributed by atoms with E-state index in [2.05, 4.69) is 5.32 Å². The zero-order valence-electron chi connectivity index (χ0n) is 12.0. The first-order chi connectivity index (χ1) is 10.5. The minimum atomic E-state index is -0.351. The van der Waals surface area contributed by atoms with Crippen molar-refractivity contribution in [1.82, 2.24) is 0 Å². The number of nitrogens with one attached hydrogen (secondary N) is 1. The second-order valence-electron chi connectivity index (χ2n) is 5.13. The van der Waals surface area contributed by atoms with Crippen LogP contribution >= 0.6 is 23.2 Å². The maximum absolute atomic E-state index is 12.4. The Kier molecular flexibility index (Phi) is 3.85. The molecule has 0 spiro atoms. The average Bonchev–Trinajstić information content (AvgIpc) is 2.80. The minimum absolute atomic E-state index is 0.275. The zero-order chi connectivity index (χ0) is 15.9. The van der Waals surface area contributed by atoms with Crippen LogP contribution in [0.1, 0.15) is 21.7 Å². The lowest BCUT2D eigenvalue weighted by molar-refractivity contribution is 0.0998. The van der Waals surface area contributed by atoms with Gasteiger partial charge in [-0.1, -0.05) is 34.8 Å². The SMILES string of the molecule is Cc1ccc2oc(C(=O)Nc3cc(Cl)ccc3Cl)c(C)c2c1. The molecule has 0 unspecified atom stereocenters. The Hall–Kier alpha value is -1.97. The van der Waals surface area contributed by atoms with Crippen LogP contribution in [-0.2, 0) is 0 Å². The van der Waals surface area contributed by atoms with Crippen molar-refractivity contribution < 1.29 is 9.21 Å². The molecule has 1 heterocycles. The monoisotopic (exact) mass is 333 g/mol. The first-order valence-corrected chi connectivity index (χ1v) is 7.47. The quantitative estimate of drug-likeness (QED) is 0.662. The van der Waals surface area contributed by atoms with E-state index in [1.54, 1.807) is 18.2 Å². The molecule has 3 nitrogen and oxygen atoms in total. The fourth-order valence-corrected chi connectivity index (χ4v) is 2.66. The third kappa shape index (κ3) is 2.70. The number of aryl methyl sites for hydroxylation is 2. The van der Waals surface area contributed by atoms with E-state index in [4.69, 9.17) is 27.6 Å². The van der Waals surface area contributed by atoms with Gasteiger partial charge in [0.25, 0.3) is 5.91 Å². The van der Waals surface area contributed by atoms with Gasteiger partial charge in [-0.15, -0.1) is 0 Å². The minimum Gasteiger partial charge on any atom is -0.451 e. The number of hydrogen-bond acceptors (Lipinski definition) is 2. The van der Waals surface area contributed by atoms with Gasteiger partial charge >= 0.3 is 0 Å². The topological polar surface area (TPSA) is 42.2 Å². The molecule has 0 radical (unpaired) electrons. The second kappa shape index (κ2) is 5.67. The molecule has 0 aliphatic heterocycles. The molecule has 0 bridgehead atoms. The van der Waals surface area contributed by atoms with Gasteiger partial charge in [0, 0.05) is 16.0 Å². The molecule has 1 N–H and O–H groups in total. The maximum Gasteiger partial charge on any atom is 0.291 e. The Morgan fingerprint density at radius 3 is 2.64 bits per heavy atom. The van der Waals surface area contributed by atoms with Gasteiger partial charge in [-0.3, -0.25) is 4.79 Å². The summed E-state index contributed by atoms with van der Waals surface area (Å²) in [7, 11) is 0. The Bertz CT molecular complexity index is 884. The number of benzene rings is 2. The van der Waals surface area contributed by atoms with E-state index < -0.39 is 0 Å². The molecule has 0 aliphatic rings. The van der Waals surface area contributed by atoms with Crippen molar-refractivity contribution in [2.24, 2.45) is 0 Å². The molecule has 1 aromatic heterocycles. The first-order valence-electron chi connectivity index (χ1n) is 6.72. The van der Waals surface area contributed by atoms with Crippen LogP contribution in [0.4, 0.5) is 5.69 Å². The molecule has 112 valence electrons. The summed E-state index contributed by atoms with van der Waals surface area (Å²) in [4.78, 5) is 12.4. The molecule has 0 fully saturated rings. The van der Waals surface area contributed by atoms with E-state index >= 15 is 0 Å². The number of carbonyl (C=O) groups excluding carboxylic acids is 1. The molecule has 0 atom stereocenters. The standard InChI is InChI=1S/C17H13Cl2NO2/c1-9-3-6-15-12(7-9)10(2)16(22-15)17(21)20-14-8-11(18)4-5-13(14)19/h3-8H,1-2H3,(H,20,21). The summed E-state index contributed by atoms with van der Waals surface area (Å²) in [5.41, 5.74) is 3.05. The number of carbonyl (C=O) groups is 1. The highest BCUT2D eigenvalue weighted by Gasteiger charge is 2.18. The van der Waals surface area contributed by atoms with Crippen LogP contribution in [-0.4, -0.2) is 5.91 Å². The van der Waals surface area contributed by atoms with Crippen LogP contribution in [0.15, 0.2) is 40.8 Å². The molecule has 2 aromatic carbocycles. The summed E-state index contributed by atoms with van der Waals surface area (Å²) in [6, 6.07) is 10.7. The Morgan fingerprint density at radius 2 is 1.86 bits per heavy atom. The highest BCUT2D eigenvalue weighted by atomic mass is 35.5. The first kappa shape index (κ1) is 14.9. The van der Waals surface area contributed by atoms with Crippen molar-refractivity contribution >= 4 is 45.8 Å². The van der Waals surface area contributed by atoms with Gasteiger partial charge in [0.1, 0.15) is 5.58 Å². The van der Waals surface area contributed by atoms with Crippen molar-refractivity contribution in [3.8, 4) is 0 Å². The van der Waals surface area contributed by atoms with E-state index in [9.17, 15) is 4.79 Å². The molecule has 1 amide bonds. The number of anilines is 1. The molecular formula is C17H13Cl2NO2. The average molecular weight is 334 g/mol.